The number of rotatable bonds is 16. The van der Waals surface area contributed by atoms with Crippen LogP contribution in [0.4, 0.5) is 0 Å². The smallest absolute Gasteiger partial charge is 0.274 e. The minimum atomic E-state index is -1.14. The van der Waals surface area contributed by atoms with Crippen LogP contribution in [0.3, 0.4) is 0 Å². The molecule has 4 rings (SSSR count). The summed E-state index contributed by atoms with van der Waals surface area (Å²) in [6, 6.07) is 7.86. The molecule has 3 atom stereocenters. The van der Waals surface area contributed by atoms with E-state index in [0.29, 0.717) is 18.0 Å². The molecule has 1 fully saturated rings. The number of nitrogens with zero attached hydrogens (tertiary/aromatic N) is 3. The number of hydrogen-bond acceptors (Lipinski definition) is 9. The summed E-state index contributed by atoms with van der Waals surface area (Å²) in [6.07, 6.45) is 3.87. The van der Waals surface area contributed by atoms with Gasteiger partial charge in [-0.15, -0.1) is 0 Å². The van der Waals surface area contributed by atoms with Gasteiger partial charge in [0, 0.05) is 25.0 Å². The van der Waals surface area contributed by atoms with E-state index in [2.05, 4.69) is 36.3 Å². The maximum absolute atomic E-state index is 13.7. The number of benzene rings is 1. The second kappa shape index (κ2) is 14.2. The molecular weight excluding hydrogens is 554 g/mol. The lowest BCUT2D eigenvalue weighted by molar-refractivity contribution is -0.133. The lowest BCUT2D eigenvalue weighted by Gasteiger charge is -2.27. The van der Waals surface area contributed by atoms with Gasteiger partial charge in [-0.1, -0.05) is 56.3 Å². The van der Waals surface area contributed by atoms with Crippen LogP contribution in [0.5, 0.6) is 0 Å². The largest absolute Gasteiger partial charge is 0.382 e. The highest BCUT2D eigenvalue weighted by Crippen LogP contribution is 2.47. The monoisotopic (exact) mass is 593 g/mol. The Hall–Kier alpha value is -4.39. The summed E-state index contributed by atoms with van der Waals surface area (Å²) in [5, 5.41) is 18.6. The van der Waals surface area contributed by atoms with Crippen LogP contribution in [0.2, 0.25) is 0 Å². The molecule has 1 aromatic carbocycles. The van der Waals surface area contributed by atoms with Gasteiger partial charge in [0.1, 0.15) is 30.0 Å². The molecule has 13 nitrogen and oxygen atoms in total. The summed E-state index contributed by atoms with van der Waals surface area (Å²) in [6.45, 7) is 5.75. The second-order valence-electron chi connectivity index (χ2n) is 11.6. The average Bonchev–Trinajstić information content (AvgIpc) is 3.33. The second-order valence-corrected chi connectivity index (χ2v) is 11.6. The molecule has 13 heteroatoms. The Kier molecular flexibility index (Phi) is 10.4. The lowest BCUT2D eigenvalue weighted by Crippen LogP contribution is -2.57. The highest BCUT2D eigenvalue weighted by molar-refractivity contribution is 5.98. The van der Waals surface area contributed by atoms with Gasteiger partial charge in [0.2, 0.25) is 11.8 Å². The number of carbonyl (C=O) groups is 4. The Labute approximate surface area is 249 Å². The molecule has 43 heavy (non-hydrogen) atoms. The van der Waals surface area contributed by atoms with Crippen molar-refractivity contribution in [3.05, 3.63) is 65.6 Å². The van der Waals surface area contributed by atoms with Gasteiger partial charge < -0.3 is 25.2 Å². The molecule has 1 aliphatic rings. The Morgan fingerprint density at radius 3 is 2.35 bits per heavy atom. The predicted octanol–water partition coefficient (Wildman–Crippen LogP) is 1.76. The van der Waals surface area contributed by atoms with Crippen molar-refractivity contribution in [1.29, 1.82) is 0 Å². The van der Waals surface area contributed by atoms with Crippen molar-refractivity contribution in [3.8, 4) is 0 Å². The summed E-state index contributed by atoms with van der Waals surface area (Å²) in [4.78, 5) is 57.4. The van der Waals surface area contributed by atoms with Gasteiger partial charge in [-0.2, -0.15) is 5.10 Å². The fourth-order valence-corrected chi connectivity index (χ4v) is 4.73. The highest BCUT2D eigenvalue weighted by atomic mass is 16.5. The van der Waals surface area contributed by atoms with Gasteiger partial charge in [-0.3, -0.25) is 24.3 Å². The summed E-state index contributed by atoms with van der Waals surface area (Å²) in [5.41, 5.74) is 0.359. The van der Waals surface area contributed by atoms with Gasteiger partial charge in [-0.05, 0) is 30.7 Å². The quantitative estimate of drug-likeness (QED) is 0.192. The minimum absolute atomic E-state index is 0.0131. The number of aromatic nitrogens is 4. The number of methoxy groups -OCH3 is 1. The van der Waals surface area contributed by atoms with Crippen LogP contribution < -0.4 is 16.0 Å². The topological polar surface area (TPSA) is 181 Å². The molecule has 2 heterocycles. The third-order valence-electron chi connectivity index (χ3n) is 7.40. The first-order chi connectivity index (χ1) is 20.6. The summed E-state index contributed by atoms with van der Waals surface area (Å²) in [7, 11) is 1.40. The van der Waals surface area contributed by atoms with E-state index in [0.717, 1.165) is 18.4 Å². The van der Waals surface area contributed by atoms with Gasteiger partial charge in [-0.25, -0.2) is 4.98 Å². The predicted molar refractivity (Wildman–Crippen MR) is 155 cm³/mol. The minimum Gasteiger partial charge on any atom is -0.382 e. The normalized spacial score (nSPS) is 15.7. The molecule has 3 aromatic rings. The number of carbonyl (C=O) groups excluding carboxylic acids is 4. The van der Waals surface area contributed by atoms with Gasteiger partial charge in [0.05, 0.1) is 19.1 Å². The van der Waals surface area contributed by atoms with Crippen LogP contribution in [-0.2, 0) is 32.0 Å². The molecule has 3 amide bonds. The first kappa shape index (κ1) is 31.5. The first-order valence-electron chi connectivity index (χ1n) is 14.4. The lowest BCUT2D eigenvalue weighted by atomic mass is 9.91. The Morgan fingerprint density at radius 1 is 1.02 bits per heavy atom. The molecule has 0 aliphatic heterocycles. The number of ketones is 1. The van der Waals surface area contributed by atoms with E-state index >= 15 is 0 Å². The van der Waals surface area contributed by atoms with Crippen molar-refractivity contribution in [1.82, 2.24) is 36.3 Å². The van der Waals surface area contributed by atoms with Gasteiger partial charge >= 0.3 is 0 Å². The maximum atomic E-state index is 13.7. The van der Waals surface area contributed by atoms with Crippen LogP contribution in [-0.4, -0.2) is 75.7 Å². The van der Waals surface area contributed by atoms with Crippen molar-refractivity contribution < 1.29 is 28.4 Å². The van der Waals surface area contributed by atoms with E-state index in [1.54, 1.807) is 0 Å². The van der Waals surface area contributed by atoms with Crippen molar-refractivity contribution in [2.45, 2.75) is 71.0 Å². The summed E-state index contributed by atoms with van der Waals surface area (Å²) in [5.74, 6) is -0.666. The number of ether oxygens (including phenoxy) is 1. The number of Topliss-reactive ketones (excluding diaryl/α,β-unsaturated/α-hetero) is 1. The molecule has 230 valence electrons. The van der Waals surface area contributed by atoms with E-state index in [-0.39, 0.29) is 36.8 Å². The van der Waals surface area contributed by atoms with Gasteiger partial charge in [0.15, 0.2) is 11.5 Å². The number of aromatic amines is 1. The van der Waals surface area contributed by atoms with E-state index in [4.69, 9.17) is 9.26 Å². The van der Waals surface area contributed by atoms with Crippen LogP contribution in [0.25, 0.3) is 0 Å². The van der Waals surface area contributed by atoms with Crippen LogP contribution >= 0.6 is 0 Å². The van der Waals surface area contributed by atoms with E-state index < -0.39 is 41.3 Å². The molecule has 4 N–H and O–H groups in total. The molecule has 0 bridgehead atoms. The first-order valence-corrected chi connectivity index (χ1v) is 14.4. The van der Waals surface area contributed by atoms with E-state index in [9.17, 15) is 19.2 Å². The van der Waals surface area contributed by atoms with Crippen LogP contribution in [0.15, 0.2) is 47.2 Å². The number of H-pyrrole nitrogens is 1. The zero-order valence-corrected chi connectivity index (χ0v) is 24.9. The SMILES string of the molecule is COC[C@H](NC(=O)c1cc(Cc2ncn[nH]2)on1)C(=O)N[C@@H](Cc1ccccc1)C(=O)N[C@@H](CC(C)C)C(=O)C1(C)CC1. The van der Waals surface area contributed by atoms with E-state index in [1.807, 2.05) is 51.1 Å². The van der Waals surface area contributed by atoms with Crippen molar-refractivity contribution >= 4 is 23.5 Å². The highest BCUT2D eigenvalue weighted by Gasteiger charge is 2.48. The Bertz CT molecular complexity index is 1380. The molecular formula is C30H39N7O6. The molecule has 0 radical (unpaired) electrons. The summed E-state index contributed by atoms with van der Waals surface area (Å²) < 4.78 is 10.4. The molecule has 2 aromatic heterocycles. The van der Waals surface area contributed by atoms with Gasteiger partial charge in [0.25, 0.3) is 5.91 Å². The van der Waals surface area contributed by atoms with Crippen molar-refractivity contribution in [2.24, 2.45) is 11.3 Å². The average molecular weight is 594 g/mol. The fraction of sp³-hybridized carbons (Fsp3) is 0.500. The third-order valence-corrected chi connectivity index (χ3v) is 7.40. The Balaban J connectivity index is 1.47. The zero-order chi connectivity index (χ0) is 31.0. The van der Waals surface area contributed by atoms with Crippen molar-refractivity contribution in [2.75, 3.05) is 13.7 Å². The zero-order valence-electron chi connectivity index (χ0n) is 24.9. The van der Waals surface area contributed by atoms with E-state index in [1.165, 1.54) is 19.5 Å². The molecule has 1 aliphatic carbocycles. The standard InChI is InChI=1S/C30H39N7O6/c1-18(2)12-21(26(38)30(3)10-11-30)33-27(39)22(13-19-8-6-5-7-9-19)34-29(41)24(16-42-4)35-28(40)23-14-20(43-37-23)15-25-31-17-32-36-25/h5-9,14,17-18,21-22,24H,10-13,15-16H2,1-4H3,(H,33,39)(H,34,41)(H,35,40)(H,31,32,36)/t21-,22-,24-/m0/s1. The fourth-order valence-electron chi connectivity index (χ4n) is 4.73. The number of hydrogen-bond donors (Lipinski definition) is 4. The Morgan fingerprint density at radius 2 is 1.72 bits per heavy atom. The maximum Gasteiger partial charge on any atom is 0.274 e. The molecule has 0 spiro atoms. The molecule has 0 unspecified atom stereocenters. The third kappa shape index (κ3) is 8.80. The summed E-state index contributed by atoms with van der Waals surface area (Å²) >= 11 is 0. The van der Waals surface area contributed by atoms with Crippen LogP contribution in [0.1, 0.15) is 67.7 Å². The number of nitrogens with one attached hydrogen (secondary N) is 4. The van der Waals surface area contributed by atoms with Crippen molar-refractivity contribution in [3.63, 3.8) is 0 Å². The molecule has 0 saturated heterocycles. The van der Waals surface area contributed by atoms with Crippen LogP contribution in [0, 0.1) is 11.3 Å². The number of amides is 3. The molecule has 1 saturated carbocycles.